The highest BCUT2D eigenvalue weighted by Crippen LogP contribution is 2.41. The van der Waals surface area contributed by atoms with Crippen molar-refractivity contribution in [3.8, 4) is 0 Å². The maximum atomic E-state index is 3.74. The summed E-state index contributed by atoms with van der Waals surface area (Å²) in [5.74, 6) is 0.876. The Balaban J connectivity index is 2.06. The van der Waals surface area contributed by atoms with Gasteiger partial charge in [0.2, 0.25) is 0 Å². The van der Waals surface area contributed by atoms with Crippen molar-refractivity contribution in [1.29, 1.82) is 0 Å². The van der Waals surface area contributed by atoms with E-state index in [1.807, 2.05) is 0 Å². The van der Waals surface area contributed by atoms with Gasteiger partial charge in [0.1, 0.15) is 0 Å². The monoisotopic (exact) mass is 203 g/mol. The molecule has 0 heterocycles. The second-order valence-electron chi connectivity index (χ2n) is 4.70. The van der Waals surface area contributed by atoms with Gasteiger partial charge in [-0.15, -0.1) is 0 Å². The van der Waals surface area contributed by atoms with Crippen LogP contribution < -0.4 is 5.32 Å². The van der Waals surface area contributed by atoms with Crippen molar-refractivity contribution in [2.75, 3.05) is 0 Å². The fraction of sp³-hybridized carbons (Fsp3) is 0.571. The average molecular weight is 203 g/mol. The van der Waals surface area contributed by atoms with Crippen LogP contribution in [0.4, 0.5) is 0 Å². The van der Waals surface area contributed by atoms with Crippen LogP contribution in [-0.2, 0) is 0 Å². The third-order valence-electron chi connectivity index (χ3n) is 3.33. The SMILES string of the molecule is CCC(C)NC(c1ccccc1)C1CC1. The molecule has 1 aromatic rings. The summed E-state index contributed by atoms with van der Waals surface area (Å²) in [5.41, 5.74) is 1.46. The van der Waals surface area contributed by atoms with E-state index in [-0.39, 0.29) is 0 Å². The molecule has 1 saturated carbocycles. The standard InChI is InChI=1S/C14H21N/c1-3-11(2)15-14(13-9-10-13)12-7-5-4-6-8-12/h4-8,11,13-15H,3,9-10H2,1-2H3. The van der Waals surface area contributed by atoms with Crippen molar-refractivity contribution < 1.29 is 0 Å². The Bertz CT molecular complexity index is 289. The summed E-state index contributed by atoms with van der Waals surface area (Å²) in [6.07, 6.45) is 3.99. The third kappa shape index (κ3) is 2.82. The molecule has 1 aliphatic rings. The zero-order chi connectivity index (χ0) is 10.7. The summed E-state index contributed by atoms with van der Waals surface area (Å²) >= 11 is 0. The molecule has 2 rings (SSSR count). The maximum absolute atomic E-state index is 3.74. The van der Waals surface area contributed by atoms with Crippen molar-refractivity contribution in [2.45, 2.75) is 45.2 Å². The highest BCUT2D eigenvalue weighted by molar-refractivity contribution is 5.21. The molecule has 82 valence electrons. The van der Waals surface area contributed by atoms with E-state index < -0.39 is 0 Å². The quantitative estimate of drug-likeness (QED) is 0.772. The van der Waals surface area contributed by atoms with Crippen LogP contribution in [0, 0.1) is 5.92 Å². The summed E-state index contributed by atoms with van der Waals surface area (Å²) in [4.78, 5) is 0. The molecule has 1 heteroatoms. The molecule has 1 aliphatic carbocycles. The van der Waals surface area contributed by atoms with Crippen LogP contribution in [0.2, 0.25) is 0 Å². The lowest BCUT2D eigenvalue weighted by molar-refractivity contribution is 0.412. The van der Waals surface area contributed by atoms with E-state index >= 15 is 0 Å². The minimum atomic E-state index is 0.584. The van der Waals surface area contributed by atoms with Gasteiger partial charge >= 0.3 is 0 Å². The summed E-state index contributed by atoms with van der Waals surface area (Å²) < 4.78 is 0. The highest BCUT2D eigenvalue weighted by atomic mass is 15.0. The normalized spacial score (nSPS) is 19.9. The van der Waals surface area contributed by atoms with Crippen molar-refractivity contribution in [3.05, 3.63) is 35.9 Å². The number of hydrogen-bond donors (Lipinski definition) is 1. The van der Waals surface area contributed by atoms with Crippen LogP contribution in [0.5, 0.6) is 0 Å². The van der Waals surface area contributed by atoms with Gasteiger partial charge in [-0.3, -0.25) is 0 Å². The molecular weight excluding hydrogens is 182 g/mol. The molecule has 0 spiro atoms. The third-order valence-corrected chi connectivity index (χ3v) is 3.33. The van der Waals surface area contributed by atoms with Gasteiger partial charge in [0, 0.05) is 12.1 Å². The van der Waals surface area contributed by atoms with E-state index in [2.05, 4.69) is 49.5 Å². The van der Waals surface area contributed by atoms with Gasteiger partial charge in [0.15, 0.2) is 0 Å². The van der Waals surface area contributed by atoms with Crippen LogP contribution in [0.3, 0.4) is 0 Å². The van der Waals surface area contributed by atoms with E-state index in [0.29, 0.717) is 12.1 Å². The van der Waals surface area contributed by atoms with Crippen molar-refractivity contribution in [3.63, 3.8) is 0 Å². The fourth-order valence-corrected chi connectivity index (χ4v) is 2.02. The maximum Gasteiger partial charge on any atom is 0.0350 e. The molecule has 0 aromatic heterocycles. The largest absolute Gasteiger partial charge is 0.307 e. The molecule has 0 saturated heterocycles. The molecule has 0 bridgehead atoms. The van der Waals surface area contributed by atoms with Crippen LogP contribution in [-0.4, -0.2) is 6.04 Å². The molecule has 1 aromatic carbocycles. The minimum Gasteiger partial charge on any atom is -0.307 e. The summed E-state index contributed by atoms with van der Waals surface area (Å²) in [6.45, 7) is 4.52. The fourth-order valence-electron chi connectivity index (χ4n) is 2.02. The van der Waals surface area contributed by atoms with Gasteiger partial charge in [0.05, 0.1) is 0 Å². The van der Waals surface area contributed by atoms with E-state index in [1.165, 1.54) is 24.8 Å². The van der Waals surface area contributed by atoms with E-state index in [9.17, 15) is 0 Å². The lowest BCUT2D eigenvalue weighted by Gasteiger charge is -2.23. The van der Waals surface area contributed by atoms with Crippen LogP contribution in [0.15, 0.2) is 30.3 Å². The second kappa shape index (κ2) is 4.80. The molecule has 15 heavy (non-hydrogen) atoms. The molecule has 0 amide bonds. The van der Waals surface area contributed by atoms with Crippen LogP contribution >= 0.6 is 0 Å². The molecule has 0 aliphatic heterocycles. The number of hydrogen-bond acceptors (Lipinski definition) is 1. The number of benzene rings is 1. The van der Waals surface area contributed by atoms with Gasteiger partial charge in [-0.2, -0.15) is 0 Å². The number of rotatable bonds is 5. The molecule has 1 fully saturated rings. The van der Waals surface area contributed by atoms with E-state index in [0.717, 1.165) is 5.92 Å². The summed E-state index contributed by atoms with van der Waals surface area (Å²) in [5, 5.41) is 3.74. The van der Waals surface area contributed by atoms with Crippen LogP contribution in [0.25, 0.3) is 0 Å². The summed E-state index contributed by atoms with van der Waals surface area (Å²) in [7, 11) is 0. The Morgan fingerprint density at radius 3 is 2.47 bits per heavy atom. The van der Waals surface area contributed by atoms with E-state index in [4.69, 9.17) is 0 Å². The lowest BCUT2D eigenvalue weighted by atomic mass is 10.0. The highest BCUT2D eigenvalue weighted by Gasteiger charge is 2.32. The topological polar surface area (TPSA) is 12.0 Å². The van der Waals surface area contributed by atoms with Gasteiger partial charge < -0.3 is 5.32 Å². The average Bonchev–Trinajstić information content (AvgIpc) is 3.10. The first-order valence-electron chi connectivity index (χ1n) is 6.12. The van der Waals surface area contributed by atoms with Gasteiger partial charge in [-0.1, -0.05) is 37.3 Å². The molecule has 1 nitrogen and oxygen atoms in total. The first kappa shape index (κ1) is 10.7. The van der Waals surface area contributed by atoms with Gasteiger partial charge in [-0.25, -0.2) is 0 Å². The first-order valence-corrected chi connectivity index (χ1v) is 6.12. The van der Waals surface area contributed by atoms with Crippen molar-refractivity contribution in [1.82, 2.24) is 5.32 Å². The van der Waals surface area contributed by atoms with E-state index in [1.54, 1.807) is 0 Å². The molecule has 1 N–H and O–H groups in total. The second-order valence-corrected chi connectivity index (χ2v) is 4.70. The van der Waals surface area contributed by atoms with Gasteiger partial charge in [0.25, 0.3) is 0 Å². The molecule has 0 radical (unpaired) electrons. The zero-order valence-electron chi connectivity index (χ0n) is 9.74. The predicted octanol–water partition coefficient (Wildman–Crippen LogP) is 3.53. The summed E-state index contributed by atoms with van der Waals surface area (Å²) in [6, 6.07) is 12.1. The predicted molar refractivity (Wildman–Crippen MR) is 64.8 cm³/mol. The molecule has 2 atom stereocenters. The Labute approximate surface area is 92.9 Å². The Morgan fingerprint density at radius 2 is 1.93 bits per heavy atom. The molecular formula is C14H21N. The van der Waals surface area contributed by atoms with Crippen molar-refractivity contribution >= 4 is 0 Å². The van der Waals surface area contributed by atoms with Gasteiger partial charge in [-0.05, 0) is 37.7 Å². The first-order chi connectivity index (χ1) is 7.31. The smallest absolute Gasteiger partial charge is 0.0350 e. The minimum absolute atomic E-state index is 0.584. The Hall–Kier alpha value is -0.820. The Kier molecular flexibility index (Phi) is 3.42. The van der Waals surface area contributed by atoms with Crippen molar-refractivity contribution in [2.24, 2.45) is 5.92 Å². The lowest BCUT2D eigenvalue weighted by Crippen LogP contribution is -2.31. The number of nitrogens with one attached hydrogen (secondary N) is 1. The molecule has 2 unspecified atom stereocenters. The van der Waals surface area contributed by atoms with Crippen LogP contribution in [0.1, 0.15) is 44.7 Å². The zero-order valence-corrected chi connectivity index (χ0v) is 9.74. The Morgan fingerprint density at radius 1 is 1.27 bits per heavy atom.